The van der Waals surface area contributed by atoms with Crippen molar-refractivity contribution in [2.45, 2.75) is 126 Å². The SMILES string of the molecule is CC(=O)O[C@H]1CC[C@@]2(C)C(CC=C3[C@H]2CC[C@]2(C)[C@@H]([C@H](C)CCC=C(C)C)CC[C@@]32C)C1(C)C. The Kier molecular flexibility index (Phi) is 6.74. The predicted octanol–water partition coefficient (Wildman–Crippen LogP) is 8.91. The fourth-order valence-corrected chi connectivity index (χ4v) is 9.89. The van der Waals surface area contributed by atoms with Crippen LogP contribution in [-0.4, -0.2) is 12.1 Å². The Labute approximate surface area is 210 Å². The average Bonchev–Trinajstić information content (AvgIpc) is 3.01. The molecule has 3 saturated carbocycles. The highest BCUT2D eigenvalue weighted by Crippen LogP contribution is 2.73. The summed E-state index contributed by atoms with van der Waals surface area (Å²) >= 11 is 0. The van der Waals surface area contributed by atoms with E-state index in [1.54, 1.807) is 6.92 Å². The predicted molar refractivity (Wildman–Crippen MR) is 142 cm³/mol. The lowest BCUT2D eigenvalue weighted by Gasteiger charge is -2.64. The van der Waals surface area contributed by atoms with Gasteiger partial charge < -0.3 is 4.74 Å². The molecule has 192 valence electrons. The molecule has 0 spiro atoms. The Hall–Kier alpha value is -1.05. The van der Waals surface area contributed by atoms with E-state index in [0.29, 0.717) is 28.1 Å². The summed E-state index contributed by atoms with van der Waals surface area (Å²) in [4.78, 5) is 11.8. The molecule has 0 radical (unpaired) electrons. The number of fused-ring (bicyclic) bond motifs is 5. The van der Waals surface area contributed by atoms with Crippen LogP contribution in [0.25, 0.3) is 0 Å². The second-order valence-corrected chi connectivity index (χ2v) is 14.2. The second-order valence-electron chi connectivity index (χ2n) is 14.2. The highest BCUT2D eigenvalue weighted by Gasteiger charge is 2.65. The first-order chi connectivity index (χ1) is 15.8. The van der Waals surface area contributed by atoms with E-state index < -0.39 is 0 Å². The Bertz CT molecular complexity index is 860. The summed E-state index contributed by atoms with van der Waals surface area (Å²) in [6, 6.07) is 0. The molecule has 0 N–H and O–H groups in total. The number of ether oxygens (including phenoxy) is 1. The number of carbonyl (C=O) groups excluding carboxylic acids is 1. The van der Waals surface area contributed by atoms with Crippen LogP contribution in [-0.2, 0) is 9.53 Å². The van der Waals surface area contributed by atoms with Crippen LogP contribution >= 0.6 is 0 Å². The second kappa shape index (κ2) is 8.81. The number of allylic oxidation sites excluding steroid dienone is 4. The van der Waals surface area contributed by atoms with Gasteiger partial charge in [-0.25, -0.2) is 0 Å². The molecule has 2 heteroatoms. The van der Waals surface area contributed by atoms with E-state index in [1.807, 2.05) is 5.57 Å². The van der Waals surface area contributed by atoms with Gasteiger partial charge in [0.05, 0.1) is 0 Å². The Morgan fingerprint density at radius 1 is 1.06 bits per heavy atom. The molecule has 4 aliphatic rings. The van der Waals surface area contributed by atoms with Crippen LogP contribution in [0.2, 0.25) is 0 Å². The van der Waals surface area contributed by atoms with E-state index in [0.717, 1.165) is 24.7 Å². The van der Waals surface area contributed by atoms with Gasteiger partial charge >= 0.3 is 5.97 Å². The van der Waals surface area contributed by atoms with Gasteiger partial charge in [0.2, 0.25) is 0 Å². The summed E-state index contributed by atoms with van der Waals surface area (Å²) in [5, 5.41) is 0. The fraction of sp³-hybridized carbons (Fsp3) is 0.844. The Balaban J connectivity index is 1.61. The van der Waals surface area contributed by atoms with Crippen LogP contribution in [0, 0.1) is 45.3 Å². The summed E-state index contributed by atoms with van der Waals surface area (Å²) in [6.45, 7) is 21.2. The standard InChI is InChI=1S/C32H52O2/c1-21(2)11-10-12-22(3)24-15-19-32(9)26-13-14-27-29(5,6)28(34-23(4)33)17-18-30(27,7)25(26)16-20-31(24,32)8/h11,13,22,24-25,27-28H,10,12,14-20H2,1-9H3/t22-,24-,25-,27?,28+,30-,31-,32+/m1/s1. The van der Waals surface area contributed by atoms with Crippen molar-refractivity contribution < 1.29 is 9.53 Å². The molecule has 4 rings (SSSR count). The third-order valence-corrected chi connectivity index (χ3v) is 12.0. The van der Waals surface area contributed by atoms with Crippen molar-refractivity contribution >= 4 is 5.97 Å². The van der Waals surface area contributed by atoms with Crippen molar-refractivity contribution in [1.29, 1.82) is 0 Å². The summed E-state index contributed by atoms with van der Waals surface area (Å²) in [6.07, 6.45) is 16.6. The lowest BCUT2D eigenvalue weighted by Crippen LogP contribution is -2.58. The van der Waals surface area contributed by atoms with Gasteiger partial charge in [-0.05, 0) is 112 Å². The van der Waals surface area contributed by atoms with E-state index >= 15 is 0 Å². The maximum Gasteiger partial charge on any atom is 0.302 e. The molecular formula is C32H52O2. The normalized spacial score (nSPS) is 43.6. The Morgan fingerprint density at radius 2 is 1.76 bits per heavy atom. The first-order valence-electron chi connectivity index (χ1n) is 14.3. The van der Waals surface area contributed by atoms with E-state index in [2.05, 4.69) is 67.5 Å². The molecule has 2 nitrogen and oxygen atoms in total. The molecule has 0 bridgehead atoms. The molecule has 8 atom stereocenters. The van der Waals surface area contributed by atoms with Crippen LogP contribution in [0.15, 0.2) is 23.3 Å². The Morgan fingerprint density at radius 3 is 2.41 bits per heavy atom. The lowest BCUT2D eigenvalue weighted by molar-refractivity contribution is -0.174. The number of rotatable bonds is 5. The number of hydrogen-bond acceptors (Lipinski definition) is 2. The smallest absolute Gasteiger partial charge is 0.302 e. The van der Waals surface area contributed by atoms with Gasteiger partial charge in [0.1, 0.15) is 6.10 Å². The third-order valence-electron chi connectivity index (χ3n) is 12.0. The van der Waals surface area contributed by atoms with Crippen molar-refractivity contribution in [3.8, 4) is 0 Å². The van der Waals surface area contributed by atoms with Gasteiger partial charge in [-0.1, -0.05) is 64.8 Å². The first kappa shape index (κ1) is 26.0. The van der Waals surface area contributed by atoms with Crippen LogP contribution in [0.4, 0.5) is 0 Å². The molecule has 4 aliphatic carbocycles. The van der Waals surface area contributed by atoms with Gasteiger partial charge in [-0.3, -0.25) is 4.79 Å². The van der Waals surface area contributed by atoms with Crippen molar-refractivity contribution in [2.24, 2.45) is 45.3 Å². The monoisotopic (exact) mass is 468 g/mol. The number of esters is 1. The first-order valence-corrected chi connectivity index (χ1v) is 14.3. The summed E-state index contributed by atoms with van der Waals surface area (Å²) in [5.41, 5.74) is 4.39. The zero-order chi connectivity index (χ0) is 25.1. The van der Waals surface area contributed by atoms with Gasteiger partial charge in [0, 0.05) is 12.3 Å². The molecule has 1 unspecified atom stereocenters. The molecule has 34 heavy (non-hydrogen) atoms. The highest BCUT2D eigenvalue weighted by molar-refractivity contribution is 5.66. The zero-order valence-corrected chi connectivity index (χ0v) is 23.7. The minimum Gasteiger partial charge on any atom is -0.462 e. The van der Waals surface area contributed by atoms with Crippen LogP contribution < -0.4 is 0 Å². The van der Waals surface area contributed by atoms with Crippen LogP contribution in [0.3, 0.4) is 0 Å². The van der Waals surface area contributed by atoms with Crippen molar-refractivity contribution in [2.75, 3.05) is 0 Å². The molecule has 0 aromatic rings. The number of carbonyl (C=O) groups is 1. The summed E-state index contributed by atoms with van der Waals surface area (Å²) in [7, 11) is 0. The van der Waals surface area contributed by atoms with Gasteiger partial charge in [-0.15, -0.1) is 0 Å². The van der Waals surface area contributed by atoms with E-state index in [1.165, 1.54) is 50.5 Å². The molecule has 0 amide bonds. The quantitative estimate of drug-likeness (QED) is 0.297. The third kappa shape index (κ3) is 3.85. The van der Waals surface area contributed by atoms with Crippen molar-refractivity contribution in [3.05, 3.63) is 23.3 Å². The summed E-state index contributed by atoms with van der Waals surface area (Å²) < 4.78 is 5.87. The summed E-state index contributed by atoms with van der Waals surface area (Å²) in [5.74, 6) is 2.79. The molecule has 0 aromatic heterocycles. The molecule has 0 aliphatic heterocycles. The molecular weight excluding hydrogens is 416 g/mol. The lowest BCUT2D eigenvalue weighted by atomic mass is 9.41. The highest BCUT2D eigenvalue weighted by atomic mass is 16.5. The van der Waals surface area contributed by atoms with E-state index in [9.17, 15) is 4.79 Å². The molecule has 0 aromatic carbocycles. The molecule has 0 saturated heterocycles. The maximum absolute atomic E-state index is 11.8. The largest absolute Gasteiger partial charge is 0.462 e. The van der Waals surface area contributed by atoms with Crippen LogP contribution in [0.5, 0.6) is 0 Å². The van der Waals surface area contributed by atoms with E-state index in [-0.39, 0.29) is 17.5 Å². The number of hydrogen-bond donors (Lipinski definition) is 0. The fourth-order valence-electron chi connectivity index (χ4n) is 9.89. The zero-order valence-electron chi connectivity index (χ0n) is 23.7. The van der Waals surface area contributed by atoms with Gasteiger partial charge in [0.15, 0.2) is 0 Å². The van der Waals surface area contributed by atoms with Gasteiger partial charge in [0.25, 0.3) is 0 Å². The van der Waals surface area contributed by atoms with Gasteiger partial charge in [-0.2, -0.15) is 0 Å². The molecule has 0 heterocycles. The minimum absolute atomic E-state index is 0.0278. The van der Waals surface area contributed by atoms with E-state index in [4.69, 9.17) is 4.74 Å². The minimum atomic E-state index is -0.120. The van der Waals surface area contributed by atoms with Crippen molar-refractivity contribution in [3.63, 3.8) is 0 Å². The average molecular weight is 469 g/mol. The topological polar surface area (TPSA) is 26.3 Å². The van der Waals surface area contributed by atoms with Crippen LogP contribution in [0.1, 0.15) is 120 Å². The maximum atomic E-state index is 11.8. The van der Waals surface area contributed by atoms with Crippen molar-refractivity contribution in [1.82, 2.24) is 0 Å². The molecule has 3 fully saturated rings.